The highest BCUT2D eigenvalue weighted by molar-refractivity contribution is 7.99. The number of benzene rings is 5. The molecule has 0 radical (unpaired) electrons. The molecule has 1 unspecified atom stereocenters. The third kappa shape index (κ3) is 12.1. The molecule has 16 heteroatoms. The maximum atomic E-state index is 12.7. The van der Waals surface area contributed by atoms with Gasteiger partial charge >= 0.3 is 5.97 Å². The van der Waals surface area contributed by atoms with Gasteiger partial charge in [-0.25, -0.2) is 14.8 Å². The molecule has 5 aromatic carbocycles. The minimum absolute atomic E-state index is 0.0648. The van der Waals surface area contributed by atoms with E-state index in [2.05, 4.69) is 69.0 Å². The van der Waals surface area contributed by atoms with E-state index in [4.69, 9.17) is 33.2 Å². The molecule has 8 aromatic rings. The zero-order valence-electron chi connectivity index (χ0n) is 38.2. The maximum Gasteiger partial charge on any atom is 0.360 e. The third-order valence-electron chi connectivity index (χ3n) is 11.0. The molecule has 14 nitrogen and oxygen atoms in total. The molecule has 0 saturated carbocycles. The summed E-state index contributed by atoms with van der Waals surface area (Å²) >= 11 is 2.61. The van der Waals surface area contributed by atoms with Crippen molar-refractivity contribution in [2.45, 2.75) is 55.4 Å². The Bertz CT molecular complexity index is 2800. The van der Waals surface area contributed by atoms with Gasteiger partial charge < -0.3 is 38.6 Å². The second-order valence-electron chi connectivity index (χ2n) is 15.6. The van der Waals surface area contributed by atoms with E-state index >= 15 is 0 Å². The lowest BCUT2D eigenvalue weighted by Gasteiger charge is -2.36. The zero-order valence-corrected chi connectivity index (χ0v) is 39.8. The number of methoxy groups -OCH3 is 2. The molecular weight excluding hydrogens is 913 g/mol. The van der Waals surface area contributed by atoms with Crippen LogP contribution in [0.15, 0.2) is 172 Å². The molecule has 352 valence electrons. The van der Waals surface area contributed by atoms with Crippen LogP contribution in [0.3, 0.4) is 0 Å². The fraction of sp³-hybridized carbons (Fsp3) is 0.208. The molecule has 0 amide bonds. The number of hydrogen-bond donors (Lipinski definition) is 2. The van der Waals surface area contributed by atoms with E-state index in [1.165, 1.54) is 23.1 Å². The van der Waals surface area contributed by atoms with E-state index < -0.39 is 11.5 Å². The normalized spacial score (nSPS) is 12.0. The summed E-state index contributed by atoms with van der Waals surface area (Å²) < 4.78 is 29.2. The van der Waals surface area contributed by atoms with E-state index in [1.54, 1.807) is 31.9 Å². The Hall–Kier alpha value is -7.69. The smallest absolute Gasteiger partial charge is 0.360 e. The van der Waals surface area contributed by atoms with Crippen LogP contribution in [0.4, 0.5) is 5.13 Å². The standard InChI is InChI=1S/C53H50N6O8S2/c1-4-5-21-43(34-66-59-48(50(60)61)45-35-68-51(55-45)56-53(38-15-9-6-10-16-38,39-17-11-7-12-18-39)40-19-13-8-14-20-40)69-52-58-57-49(67-52)44-30-46(64-32-36-22-26-41(62-2)27-23-36)47(31-54-44)65-33-37-24-28-42(63-3)29-25-37/h6-20,22-31,35,43H,4-5,21,32-34H2,1-3H3,(H,55,56)(H,60,61)/b59-48-. The number of rotatable bonds is 24. The van der Waals surface area contributed by atoms with Crippen molar-refractivity contribution in [3.63, 3.8) is 0 Å². The first-order valence-corrected chi connectivity index (χ1v) is 24.0. The summed E-state index contributed by atoms with van der Waals surface area (Å²) in [5.74, 6) is 1.26. The molecule has 0 spiro atoms. The number of carboxylic acids is 1. The number of nitrogens with one attached hydrogen (secondary N) is 1. The van der Waals surface area contributed by atoms with Gasteiger partial charge in [0.2, 0.25) is 5.71 Å². The van der Waals surface area contributed by atoms with Crippen LogP contribution in [0.2, 0.25) is 0 Å². The van der Waals surface area contributed by atoms with Crippen molar-refractivity contribution in [3.8, 4) is 34.6 Å². The van der Waals surface area contributed by atoms with Crippen LogP contribution in [0.25, 0.3) is 11.6 Å². The van der Waals surface area contributed by atoms with Crippen molar-refractivity contribution in [3.05, 3.63) is 191 Å². The molecule has 3 heterocycles. The number of unbranched alkanes of at least 4 members (excludes halogenated alkanes) is 1. The fourth-order valence-electron chi connectivity index (χ4n) is 7.40. The first kappa shape index (κ1) is 47.8. The summed E-state index contributed by atoms with van der Waals surface area (Å²) in [6.07, 6.45) is 4.09. The molecule has 69 heavy (non-hydrogen) atoms. The average molecular weight is 963 g/mol. The second-order valence-corrected chi connectivity index (χ2v) is 17.7. The van der Waals surface area contributed by atoms with Gasteiger partial charge in [0, 0.05) is 11.4 Å². The lowest BCUT2D eigenvalue weighted by molar-refractivity contribution is -0.129. The SMILES string of the molecule is CCCCC(CO/N=C(\C(=O)O)c1csc(NC(c2ccccc2)(c2ccccc2)c2ccccc2)n1)Sc1nnc(-c2cc(OCc3ccc(OC)cc3)c(OCc3ccc(OC)cc3)cn2)o1. The molecule has 1 atom stereocenters. The Morgan fingerprint density at radius 1 is 0.783 bits per heavy atom. The molecular formula is C53H50N6O8S2. The first-order chi connectivity index (χ1) is 33.8. The minimum atomic E-state index is -1.27. The van der Waals surface area contributed by atoms with Crippen molar-refractivity contribution >= 4 is 39.9 Å². The highest BCUT2D eigenvalue weighted by Crippen LogP contribution is 2.41. The van der Waals surface area contributed by atoms with Gasteiger partial charge in [0.25, 0.3) is 11.1 Å². The van der Waals surface area contributed by atoms with Gasteiger partial charge in [-0.15, -0.1) is 21.5 Å². The summed E-state index contributed by atoms with van der Waals surface area (Å²) in [7, 11) is 3.24. The molecule has 8 rings (SSSR count). The van der Waals surface area contributed by atoms with Crippen molar-refractivity contribution in [2.75, 3.05) is 26.1 Å². The Balaban J connectivity index is 0.978. The number of oxime groups is 1. The number of nitrogens with zero attached hydrogens (tertiary/aromatic N) is 5. The number of thiazole rings is 1. The van der Waals surface area contributed by atoms with E-state index in [-0.39, 0.29) is 47.6 Å². The highest BCUT2D eigenvalue weighted by atomic mass is 32.2. The largest absolute Gasteiger partial charge is 0.497 e. The summed E-state index contributed by atoms with van der Waals surface area (Å²) in [6.45, 7) is 2.68. The Morgan fingerprint density at radius 3 is 1.88 bits per heavy atom. The maximum absolute atomic E-state index is 12.7. The number of ether oxygens (including phenoxy) is 4. The molecule has 2 N–H and O–H groups in total. The monoisotopic (exact) mass is 962 g/mol. The van der Waals surface area contributed by atoms with E-state index in [9.17, 15) is 9.90 Å². The predicted molar refractivity (Wildman–Crippen MR) is 266 cm³/mol. The van der Waals surface area contributed by atoms with E-state index in [1.807, 2.05) is 103 Å². The number of aliphatic carboxylic acids is 1. The van der Waals surface area contributed by atoms with Crippen LogP contribution in [-0.2, 0) is 28.4 Å². The first-order valence-electron chi connectivity index (χ1n) is 22.2. The molecule has 0 aliphatic rings. The quantitative estimate of drug-likeness (QED) is 0.0253. The summed E-state index contributed by atoms with van der Waals surface area (Å²) in [6, 6.07) is 47.2. The van der Waals surface area contributed by atoms with Gasteiger partial charge in [-0.05, 0) is 58.5 Å². The number of anilines is 1. The molecule has 0 bridgehead atoms. The lowest BCUT2D eigenvalue weighted by Crippen LogP contribution is -2.38. The van der Waals surface area contributed by atoms with Crippen LogP contribution < -0.4 is 24.3 Å². The van der Waals surface area contributed by atoms with Crippen LogP contribution in [0.5, 0.6) is 23.0 Å². The predicted octanol–water partition coefficient (Wildman–Crippen LogP) is 11.3. The summed E-state index contributed by atoms with van der Waals surface area (Å²) in [4.78, 5) is 27.9. The van der Waals surface area contributed by atoms with Crippen LogP contribution in [0, 0.1) is 0 Å². The van der Waals surface area contributed by atoms with Crippen molar-refractivity contribution < 1.29 is 38.1 Å². The number of carbonyl (C=O) groups is 1. The molecule has 3 aromatic heterocycles. The van der Waals surface area contributed by atoms with Gasteiger partial charge in [0.15, 0.2) is 16.6 Å². The molecule has 0 aliphatic carbocycles. The van der Waals surface area contributed by atoms with Gasteiger partial charge in [0.05, 0.1) is 25.7 Å². The van der Waals surface area contributed by atoms with Gasteiger partial charge in [-0.2, -0.15) is 0 Å². The zero-order chi connectivity index (χ0) is 47.8. The number of aromatic nitrogens is 4. The molecule has 0 saturated heterocycles. The number of pyridine rings is 1. The van der Waals surface area contributed by atoms with Gasteiger partial charge in [0.1, 0.15) is 48.2 Å². The van der Waals surface area contributed by atoms with Gasteiger partial charge in [-0.3, -0.25) is 0 Å². The fourth-order valence-corrected chi connectivity index (χ4v) is 9.07. The minimum Gasteiger partial charge on any atom is -0.497 e. The van der Waals surface area contributed by atoms with Crippen LogP contribution in [-0.4, -0.2) is 63.0 Å². The van der Waals surface area contributed by atoms with E-state index in [0.29, 0.717) is 28.7 Å². The Kier molecular flexibility index (Phi) is 16.2. The van der Waals surface area contributed by atoms with Gasteiger partial charge in [-0.1, -0.05) is 152 Å². The van der Waals surface area contributed by atoms with Crippen LogP contribution >= 0.6 is 23.1 Å². The molecule has 0 aliphatic heterocycles. The lowest BCUT2D eigenvalue weighted by atomic mass is 9.77. The molecule has 0 fully saturated rings. The summed E-state index contributed by atoms with van der Waals surface area (Å²) in [5, 5.41) is 29.1. The average Bonchev–Trinajstić information content (AvgIpc) is 4.08. The summed E-state index contributed by atoms with van der Waals surface area (Å²) in [5.41, 5.74) is 4.19. The number of carboxylic acid groups (broad SMARTS) is 1. The van der Waals surface area contributed by atoms with Crippen molar-refractivity contribution in [1.29, 1.82) is 0 Å². The Labute approximate surface area is 408 Å². The second kappa shape index (κ2) is 23.4. The van der Waals surface area contributed by atoms with Crippen LogP contribution in [0.1, 0.15) is 59.7 Å². The Morgan fingerprint density at radius 2 is 1.35 bits per heavy atom. The third-order valence-corrected chi connectivity index (χ3v) is 12.8. The topological polar surface area (TPSA) is 173 Å². The van der Waals surface area contributed by atoms with Crippen molar-refractivity contribution in [1.82, 2.24) is 20.2 Å². The number of thioether (sulfide) groups is 1. The number of hydrogen-bond acceptors (Lipinski definition) is 15. The van der Waals surface area contributed by atoms with Crippen molar-refractivity contribution in [2.24, 2.45) is 5.16 Å². The highest BCUT2D eigenvalue weighted by Gasteiger charge is 2.37. The van der Waals surface area contributed by atoms with E-state index in [0.717, 1.165) is 52.2 Å².